The average Bonchev–Trinajstić information content (AvgIpc) is 2.44. The van der Waals surface area contributed by atoms with Crippen molar-refractivity contribution >= 4 is 0 Å². The molecule has 0 aromatic heterocycles. The number of ether oxygens (including phenoxy) is 1. The smallest absolute Gasteiger partial charge is 0.122 e. The molecule has 1 aromatic rings. The summed E-state index contributed by atoms with van der Waals surface area (Å²) in [6.07, 6.45) is -0.436. The number of aliphatic hydroxyl groups is 1. The lowest BCUT2D eigenvalue weighted by molar-refractivity contribution is 0.0503. The Labute approximate surface area is 128 Å². The number of β-amino-alcohol motifs (C(OH)–C–C–N with tert-alkyl or cyclic N) is 1. The highest BCUT2D eigenvalue weighted by Gasteiger charge is 2.17. The first-order chi connectivity index (χ1) is 9.95. The van der Waals surface area contributed by atoms with Crippen LogP contribution in [0.5, 0.6) is 5.75 Å². The Hall–Kier alpha value is -1.10. The Balaban J connectivity index is 1.82. The van der Waals surface area contributed by atoms with Gasteiger partial charge in [-0.3, -0.25) is 4.90 Å². The number of nitrogens with zero attached hydrogens (tertiary/aromatic N) is 2. The molecule has 1 aliphatic rings. The van der Waals surface area contributed by atoms with E-state index in [1.54, 1.807) is 0 Å². The van der Waals surface area contributed by atoms with E-state index in [0.29, 0.717) is 13.2 Å². The molecule has 0 bridgehead atoms. The second-order valence-corrected chi connectivity index (χ2v) is 6.27. The Morgan fingerprint density at radius 2 is 1.81 bits per heavy atom. The molecule has 0 aliphatic carbocycles. The van der Waals surface area contributed by atoms with E-state index < -0.39 is 6.10 Å². The molecule has 1 N–H and O–H groups in total. The normalized spacial score (nSPS) is 18.7. The van der Waals surface area contributed by atoms with Crippen LogP contribution in [0.3, 0.4) is 0 Å². The van der Waals surface area contributed by atoms with Crippen molar-refractivity contribution in [3.8, 4) is 5.75 Å². The number of aryl methyl sites for hydroxylation is 2. The molecule has 1 aromatic carbocycles. The van der Waals surface area contributed by atoms with Crippen molar-refractivity contribution in [2.24, 2.45) is 0 Å². The van der Waals surface area contributed by atoms with E-state index in [1.807, 2.05) is 6.07 Å². The fourth-order valence-electron chi connectivity index (χ4n) is 2.72. The maximum Gasteiger partial charge on any atom is 0.122 e. The zero-order valence-electron chi connectivity index (χ0n) is 13.7. The first kappa shape index (κ1) is 16.3. The van der Waals surface area contributed by atoms with Crippen LogP contribution in [0.1, 0.15) is 16.7 Å². The monoisotopic (exact) mass is 292 g/mol. The molecule has 0 saturated carbocycles. The van der Waals surface area contributed by atoms with E-state index in [2.05, 4.69) is 43.7 Å². The highest BCUT2D eigenvalue weighted by molar-refractivity contribution is 5.41. The van der Waals surface area contributed by atoms with E-state index in [1.165, 1.54) is 11.1 Å². The van der Waals surface area contributed by atoms with Gasteiger partial charge in [-0.25, -0.2) is 0 Å². The fourth-order valence-corrected chi connectivity index (χ4v) is 2.72. The van der Waals surface area contributed by atoms with Gasteiger partial charge in [0.25, 0.3) is 0 Å². The van der Waals surface area contributed by atoms with E-state index >= 15 is 0 Å². The number of aliphatic hydroxyl groups excluding tert-OH is 1. The van der Waals surface area contributed by atoms with Crippen molar-refractivity contribution < 1.29 is 9.84 Å². The summed E-state index contributed by atoms with van der Waals surface area (Å²) in [6.45, 7) is 11.5. The molecule has 1 aliphatic heterocycles. The average molecular weight is 292 g/mol. The van der Waals surface area contributed by atoms with Gasteiger partial charge in [-0.05, 0) is 50.6 Å². The van der Waals surface area contributed by atoms with Gasteiger partial charge >= 0.3 is 0 Å². The van der Waals surface area contributed by atoms with Crippen molar-refractivity contribution in [2.45, 2.75) is 26.9 Å². The van der Waals surface area contributed by atoms with Crippen molar-refractivity contribution in [1.82, 2.24) is 9.80 Å². The van der Waals surface area contributed by atoms with Crippen LogP contribution in [0, 0.1) is 20.8 Å². The van der Waals surface area contributed by atoms with Gasteiger partial charge in [-0.1, -0.05) is 6.07 Å². The number of rotatable bonds is 5. The molecule has 0 spiro atoms. The fraction of sp³-hybridized carbons (Fsp3) is 0.647. The molecule has 1 atom stereocenters. The molecule has 0 amide bonds. The second-order valence-electron chi connectivity index (χ2n) is 6.27. The van der Waals surface area contributed by atoms with E-state index in [0.717, 1.165) is 37.5 Å². The van der Waals surface area contributed by atoms with Gasteiger partial charge in [0.2, 0.25) is 0 Å². The van der Waals surface area contributed by atoms with Gasteiger partial charge < -0.3 is 14.7 Å². The summed E-state index contributed by atoms with van der Waals surface area (Å²) in [5.74, 6) is 0.893. The predicted octanol–water partition coefficient (Wildman–Crippen LogP) is 1.60. The summed E-state index contributed by atoms with van der Waals surface area (Å²) in [6, 6.07) is 4.20. The molecule has 0 radical (unpaired) electrons. The van der Waals surface area contributed by atoms with Gasteiger partial charge in [0.05, 0.1) is 0 Å². The third-order valence-corrected chi connectivity index (χ3v) is 4.26. The largest absolute Gasteiger partial charge is 0.491 e. The molecule has 2 rings (SSSR count). The maximum absolute atomic E-state index is 10.2. The Kier molecular flexibility index (Phi) is 5.62. The SMILES string of the molecule is Cc1cc(C)c(C)c(OC[C@@H](O)CN2CCN(C)CC2)c1. The van der Waals surface area contributed by atoms with Gasteiger partial charge in [-0.2, -0.15) is 0 Å². The molecule has 1 heterocycles. The van der Waals surface area contributed by atoms with Crippen LogP contribution in [-0.2, 0) is 0 Å². The zero-order chi connectivity index (χ0) is 15.4. The summed E-state index contributed by atoms with van der Waals surface area (Å²) >= 11 is 0. The maximum atomic E-state index is 10.2. The first-order valence-corrected chi connectivity index (χ1v) is 7.75. The van der Waals surface area contributed by atoms with E-state index in [4.69, 9.17) is 4.74 Å². The molecule has 4 heteroatoms. The van der Waals surface area contributed by atoms with Crippen LogP contribution in [0.15, 0.2) is 12.1 Å². The predicted molar refractivity (Wildman–Crippen MR) is 86.1 cm³/mol. The molecule has 21 heavy (non-hydrogen) atoms. The molecular weight excluding hydrogens is 264 g/mol. The minimum atomic E-state index is -0.436. The second kappa shape index (κ2) is 7.25. The summed E-state index contributed by atoms with van der Waals surface area (Å²) in [5.41, 5.74) is 3.59. The minimum absolute atomic E-state index is 0.357. The van der Waals surface area contributed by atoms with Crippen molar-refractivity contribution in [1.29, 1.82) is 0 Å². The molecular formula is C17H28N2O2. The van der Waals surface area contributed by atoms with E-state index in [9.17, 15) is 5.11 Å². The summed E-state index contributed by atoms with van der Waals surface area (Å²) in [5, 5.41) is 10.2. The third-order valence-electron chi connectivity index (χ3n) is 4.26. The first-order valence-electron chi connectivity index (χ1n) is 7.75. The summed E-state index contributed by atoms with van der Waals surface area (Å²) in [7, 11) is 2.14. The summed E-state index contributed by atoms with van der Waals surface area (Å²) in [4.78, 5) is 4.63. The molecule has 0 unspecified atom stereocenters. The lowest BCUT2D eigenvalue weighted by atomic mass is 10.1. The molecule has 1 fully saturated rings. The quantitative estimate of drug-likeness (QED) is 0.894. The van der Waals surface area contributed by atoms with Crippen LogP contribution < -0.4 is 4.74 Å². The lowest BCUT2D eigenvalue weighted by Gasteiger charge is -2.33. The van der Waals surface area contributed by atoms with Gasteiger partial charge in [-0.15, -0.1) is 0 Å². The molecule has 1 saturated heterocycles. The Morgan fingerprint density at radius 1 is 1.14 bits per heavy atom. The Morgan fingerprint density at radius 3 is 2.48 bits per heavy atom. The van der Waals surface area contributed by atoms with Crippen LogP contribution in [0.4, 0.5) is 0 Å². The highest BCUT2D eigenvalue weighted by Crippen LogP contribution is 2.23. The number of hydrogen-bond acceptors (Lipinski definition) is 4. The lowest BCUT2D eigenvalue weighted by Crippen LogP contribution is -2.47. The summed E-state index contributed by atoms with van der Waals surface area (Å²) < 4.78 is 5.84. The van der Waals surface area contributed by atoms with E-state index in [-0.39, 0.29) is 0 Å². The van der Waals surface area contributed by atoms with Gasteiger partial charge in [0, 0.05) is 32.7 Å². The van der Waals surface area contributed by atoms with Gasteiger partial charge in [0.15, 0.2) is 0 Å². The van der Waals surface area contributed by atoms with Crippen LogP contribution in [0.25, 0.3) is 0 Å². The van der Waals surface area contributed by atoms with Gasteiger partial charge in [0.1, 0.15) is 18.5 Å². The van der Waals surface area contributed by atoms with Crippen LogP contribution >= 0.6 is 0 Å². The van der Waals surface area contributed by atoms with Crippen molar-refractivity contribution in [2.75, 3.05) is 46.4 Å². The Bertz CT molecular complexity index is 468. The topological polar surface area (TPSA) is 35.9 Å². The number of benzene rings is 1. The van der Waals surface area contributed by atoms with Crippen LogP contribution in [-0.4, -0.2) is 67.4 Å². The third kappa shape index (κ3) is 4.70. The zero-order valence-corrected chi connectivity index (χ0v) is 13.7. The van der Waals surface area contributed by atoms with Crippen molar-refractivity contribution in [3.05, 3.63) is 28.8 Å². The number of likely N-dealkylation sites (N-methyl/N-ethyl adjacent to an activating group) is 1. The standard InChI is InChI=1S/C17H28N2O2/c1-13-9-14(2)15(3)17(10-13)21-12-16(20)11-19-7-5-18(4)6-8-19/h9-10,16,20H,5-8,11-12H2,1-4H3/t16-/m0/s1. The minimum Gasteiger partial charge on any atom is -0.491 e. The number of piperazine rings is 1. The highest BCUT2D eigenvalue weighted by atomic mass is 16.5. The molecule has 4 nitrogen and oxygen atoms in total. The van der Waals surface area contributed by atoms with Crippen LogP contribution in [0.2, 0.25) is 0 Å². The number of hydrogen-bond donors (Lipinski definition) is 1. The molecule has 118 valence electrons. The van der Waals surface area contributed by atoms with Crippen molar-refractivity contribution in [3.63, 3.8) is 0 Å².